The van der Waals surface area contributed by atoms with Crippen LogP contribution in [-0.2, 0) is 0 Å². The molecule has 0 aliphatic heterocycles. The largest absolute Gasteiger partial charge is 0.274 e. The fourth-order valence-corrected chi connectivity index (χ4v) is 2.39. The van der Waals surface area contributed by atoms with Gasteiger partial charge in [-0.3, -0.25) is 4.57 Å². The van der Waals surface area contributed by atoms with E-state index in [4.69, 9.17) is 11.6 Å². The summed E-state index contributed by atoms with van der Waals surface area (Å²) in [6.45, 7) is 4.37. The van der Waals surface area contributed by atoms with Gasteiger partial charge < -0.3 is 0 Å². The maximum atomic E-state index is 5.91. The van der Waals surface area contributed by atoms with Gasteiger partial charge in [0.15, 0.2) is 5.16 Å². The predicted octanol–water partition coefficient (Wildman–Crippen LogP) is 2.85. The summed E-state index contributed by atoms with van der Waals surface area (Å²) in [5.74, 6) is 2.10. The lowest BCUT2D eigenvalue weighted by Gasteiger charge is -2.07. The maximum absolute atomic E-state index is 5.91. The van der Waals surface area contributed by atoms with Crippen LogP contribution in [0.4, 0.5) is 0 Å². The number of hydrogen-bond acceptors (Lipinski definition) is 5. The van der Waals surface area contributed by atoms with Crippen LogP contribution in [0.3, 0.4) is 0 Å². The van der Waals surface area contributed by atoms with Crippen LogP contribution in [0.15, 0.2) is 23.9 Å². The van der Waals surface area contributed by atoms with Crippen molar-refractivity contribution in [1.82, 2.24) is 24.5 Å². The van der Waals surface area contributed by atoms with Crippen LogP contribution in [0.25, 0.3) is 5.95 Å². The molecule has 0 fully saturated rings. The van der Waals surface area contributed by atoms with Crippen molar-refractivity contribution >= 4 is 23.4 Å². The van der Waals surface area contributed by atoms with E-state index < -0.39 is 0 Å². The highest BCUT2D eigenvalue weighted by atomic mass is 35.5. The first kappa shape index (κ1) is 13.3. The molecule has 0 radical (unpaired) electrons. The summed E-state index contributed by atoms with van der Waals surface area (Å²) in [5, 5.41) is 0.861. The molecule has 0 bridgehead atoms. The SMILES string of the molecule is CCC(C)CSc1nc(Cl)nc(-n2ccnc2)n1. The molecule has 1 unspecified atom stereocenters. The monoisotopic (exact) mass is 283 g/mol. The summed E-state index contributed by atoms with van der Waals surface area (Å²) in [6, 6.07) is 0. The minimum Gasteiger partial charge on any atom is -0.274 e. The first-order valence-electron chi connectivity index (χ1n) is 5.71. The number of halogens is 1. The lowest BCUT2D eigenvalue weighted by Crippen LogP contribution is -2.04. The van der Waals surface area contributed by atoms with Crippen molar-refractivity contribution in [1.29, 1.82) is 0 Å². The molecule has 2 aromatic heterocycles. The smallest absolute Gasteiger partial charge is 0.240 e. The summed E-state index contributed by atoms with van der Waals surface area (Å²) in [6.07, 6.45) is 6.22. The van der Waals surface area contributed by atoms with Gasteiger partial charge in [0.2, 0.25) is 11.2 Å². The third-order valence-electron chi connectivity index (χ3n) is 2.51. The van der Waals surface area contributed by atoms with E-state index >= 15 is 0 Å². The van der Waals surface area contributed by atoms with Crippen LogP contribution in [0, 0.1) is 5.92 Å². The molecule has 0 spiro atoms. The zero-order valence-electron chi connectivity index (χ0n) is 10.2. The molecule has 18 heavy (non-hydrogen) atoms. The van der Waals surface area contributed by atoms with Gasteiger partial charge in [-0.05, 0) is 17.5 Å². The minimum atomic E-state index is 0.209. The van der Waals surface area contributed by atoms with Gasteiger partial charge in [-0.1, -0.05) is 32.0 Å². The van der Waals surface area contributed by atoms with Crippen molar-refractivity contribution in [2.45, 2.75) is 25.4 Å². The van der Waals surface area contributed by atoms with Gasteiger partial charge in [-0.25, -0.2) is 4.98 Å². The molecule has 7 heteroatoms. The van der Waals surface area contributed by atoms with E-state index in [-0.39, 0.29) is 5.28 Å². The molecular weight excluding hydrogens is 270 g/mol. The Balaban J connectivity index is 2.17. The van der Waals surface area contributed by atoms with E-state index in [2.05, 4.69) is 33.8 Å². The third kappa shape index (κ3) is 3.43. The van der Waals surface area contributed by atoms with Crippen molar-refractivity contribution < 1.29 is 0 Å². The average molecular weight is 284 g/mol. The summed E-state index contributed by atoms with van der Waals surface area (Å²) >= 11 is 7.51. The van der Waals surface area contributed by atoms with E-state index in [9.17, 15) is 0 Å². The van der Waals surface area contributed by atoms with Crippen LogP contribution in [0.5, 0.6) is 0 Å². The van der Waals surface area contributed by atoms with Crippen molar-refractivity contribution in [2.24, 2.45) is 5.92 Å². The van der Waals surface area contributed by atoms with E-state index in [0.717, 1.165) is 12.2 Å². The molecule has 5 nitrogen and oxygen atoms in total. The van der Waals surface area contributed by atoms with Gasteiger partial charge in [-0.15, -0.1) is 0 Å². The number of imidazole rings is 1. The highest BCUT2D eigenvalue weighted by molar-refractivity contribution is 7.99. The van der Waals surface area contributed by atoms with Gasteiger partial charge in [-0.2, -0.15) is 15.0 Å². The molecule has 0 aliphatic rings. The van der Waals surface area contributed by atoms with Gasteiger partial charge in [0, 0.05) is 18.1 Å². The standard InChI is InChI=1S/C11H14ClN5S/c1-3-8(2)6-18-11-15-9(12)14-10(16-11)17-5-4-13-7-17/h4-5,7-8H,3,6H2,1-2H3. The molecule has 1 atom stereocenters. The quantitative estimate of drug-likeness (QED) is 0.790. The Labute approximate surface area is 115 Å². The molecule has 2 aromatic rings. The Hall–Kier alpha value is -1.14. The number of hydrogen-bond donors (Lipinski definition) is 0. The molecule has 2 heterocycles. The van der Waals surface area contributed by atoms with Gasteiger partial charge >= 0.3 is 0 Å². The highest BCUT2D eigenvalue weighted by Gasteiger charge is 2.08. The lowest BCUT2D eigenvalue weighted by molar-refractivity contribution is 0.635. The van der Waals surface area contributed by atoms with E-state index in [1.807, 2.05) is 0 Å². The van der Waals surface area contributed by atoms with E-state index in [0.29, 0.717) is 17.0 Å². The second kappa shape index (κ2) is 6.15. The second-order valence-corrected chi connectivity index (χ2v) is 5.31. The summed E-state index contributed by atoms with van der Waals surface area (Å²) in [5.41, 5.74) is 0. The lowest BCUT2D eigenvalue weighted by atomic mass is 10.2. The molecule has 0 N–H and O–H groups in total. The van der Waals surface area contributed by atoms with Crippen molar-refractivity contribution in [2.75, 3.05) is 5.75 Å². The van der Waals surface area contributed by atoms with Crippen LogP contribution >= 0.6 is 23.4 Å². The Morgan fingerprint density at radius 1 is 1.39 bits per heavy atom. The van der Waals surface area contributed by atoms with Crippen LogP contribution in [-0.4, -0.2) is 30.3 Å². The van der Waals surface area contributed by atoms with Gasteiger partial charge in [0.1, 0.15) is 6.33 Å². The second-order valence-electron chi connectivity index (χ2n) is 3.98. The van der Waals surface area contributed by atoms with Gasteiger partial charge in [0.25, 0.3) is 0 Å². The summed E-state index contributed by atoms with van der Waals surface area (Å²) in [7, 11) is 0. The predicted molar refractivity (Wildman–Crippen MR) is 72.1 cm³/mol. The molecule has 2 rings (SSSR count). The zero-order valence-corrected chi connectivity index (χ0v) is 11.8. The zero-order chi connectivity index (χ0) is 13.0. The van der Waals surface area contributed by atoms with Crippen LogP contribution < -0.4 is 0 Å². The van der Waals surface area contributed by atoms with Gasteiger partial charge in [0.05, 0.1) is 0 Å². The Morgan fingerprint density at radius 2 is 2.22 bits per heavy atom. The fraction of sp³-hybridized carbons (Fsp3) is 0.455. The van der Waals surface area contributed by atoms with Crippen LogP contribution in [0.1, 0.15) is 20.3 Å². The summed E-state index contributed by atoms with van der Waals surface area (Å²) in [4.78, 5) is 16.5. The van der Waals surface area contributed by atoms with E-state index in [1.54, 1.807) is 35.0 Å². The molecular formula is C11H14ClN5S. The maximum Gasteiger partial charge on any atom is 0.240 e. The number of aromatic nitrogens is 5. The van der Waals surface area contributed by atoms with Crippen molar-refractivity contribution in [3.63, 3.8) is 0 Å². The highest BCUT2D eigenvalue weighted by Crippen LogP contribution is 2.20. The average Bonchev–Trinajstić information content (AvgIpc) is 2.89. The number of thioether (sulfide) groups is 1. The third-order valence-corrected chi connectivity index (χ3v) is 3.85. The molecule has 0 saturated heterocycles. The van der Waals surface area contributed by atoms with Crippen molar-refractivity contribution in [3.8, 4) is 5.95 Å². The fourth-order valence-electron chi connectivity index (χ4n) is 1.21. The first-order valence-corrected chi connectivity index (χ1v) is 7.08. The molecule has 96 valence electrons. The Kier molecular flexibility index (Phi) is 4.54. The minimum absolute atomic E-state index is 0.209. The molecule has 0 aromatic carbocycles. The molecule has 0 aliphatic carbocycles. The summed E-state index contributed by atoms with van der Waals surface area (Å²) < 4.78 is 1.71. The first-order chi connectivity index (χ1) is 8.69. The van der Waals surface area contributed by atoms with E-state index in [1.165, 1.54) is 0 Å². The Bertz CT molecular complexity index is 502. The normalized spacial score (nSPS) is 12.6. The molecule has 0 amide bonds. The van der Waals surface area contributed by atoms with Crippen LogP contribution in [0.2, 0.25) is 5.28 Å². The molecule has 0 saturated carbocycles. The van der Waals surface area contributed by atoms with Crippen molar-refractivity contribution in [3.05, 3.63) is 24.0 Å². The number of nitrogens with zero attached hydrogens (tertiary/aromatic N) is 5. The topological polar surface area (TPSA) is 56.5 Å². The Morgan fingerprint density at radius 3 is 2.89 bits per heavy atom. The number of rotatable bonds is 5.